The van der Waals surface area contributed by atoms with Gasteiger partial charge in [-0.15, -0.1) is 0 Å². The van der Waals surface area contributed by atoms with Gasteiger partial charge in [0.25, 0.3) is 0 Å². The zero-order valence-corrected chi connectivity index (χ0v) is 16.2. The van der Waals surface area contributed by atoms with Crippen LogP contribution in [0.5, 0.6) is 0 Å². The second kappa shape index (κ2) is 7.77. The molecule has 26 heavy (non-hydrogen) atoms. The van der Waals surface area contributed by atoms with Crippen molar-refractivity contribution in [3.8, 4) is 0 Å². The number of likely N-dealkylation sites (tertiary alicyclic amines) is 1. The number of Topliss-reactive ketones (excluding diaryl/α,β-unsaturated/α-hetero) is 1. The van der Waals surface area contributed by atoms with Crippen molar-refractivity contribution in [2.45, 2.75) is 31.7 Å². The Morgan fingerprint density at radius 1 is 1.38 bits per heavy atom. The van der Waals surface area contributed by atoms with Crippen LogP contribution in [0.3, 0.4) is 0 Å². The molecular weight excluding hydrogens is 362 g/mol. The summed E-state index contributed by atoms with van der Waals surface area (Å²) in [6, 6.07) is -0.644. The number of ether oxygens (including phenoxy) is 1. The van der Waals surface area contributed by atoms with Crippen molar-refractivity contribution in [1.29, 1.82) is 0 Å². The van der Waals surface area contributed by atoms with Gasteiger partial charge in [0.2, 0.25) is 10.0 Å². The van der Waals surface area contributed by atoms with Crippen LogP contribution in [0, 0.1) is 12.8 Å². The Morgan fingerprint density at radius 3 is 2.54 bits per heavy atom. The quantitative estimate of drug-likeness (QED) is 0.676. The Bertz CT molecular complexity index is 801. The number of aromatic nitrogens is 1. The molecule has 2 heterocycles. The number of nitrogens with zero attached hydrogens (tertiary/aromatic N) is 2. The number of rotatable bonds is 6. The van der Waals surface area contributed by atoms with Crippen molar-refractivity contribution in [2.24, 2.45) is 13.0 Å². The maximum absolute atomic E-state index is 12.8. The summed E-state index contributed by atoms with van der Waals surface area (Å²) < 4.78 is 34.6. The molecule has 1 aliphatic heterocycles. The van der Waals surface area contributed by atoms with Crippen molar-refractivity contribution < 1.29 is 27.9 Å². The van der Waals surface area contributed by atoms with Gasteiger partial charge in [-0.2, -0.15) is 0 Å². The molecule has 146 valence electrons. The van der Waals surface area contributed by atoms with Gasteiger partial charge in [0.15, 0.2) is 5.78 Å². The highest BCUT2D eigenvalue weighted by atomic mass is 32.2. The average Bonchev–Trinajstić information content (AvgIpc) is 3.08. The number of carbonyl (C=O) groups is 2. The van der Waals surface area contributed by atoms with Crippen LogP contribution in [0.15, 0.2) is 11.1 Å². The lowest BCUT2D eigenvalue weighted by Crippen LogP contribution is -2.42. The average molecular weight is 387 g/mol. The fraction of sp³-hybridized carbons (Fsp3) is 0.625. The molecule has 9 nitrogen and oxygen atoms in total. The SMILES string of the molecule is CCOC(=O)N1C[C@@H](CO)[C@@H](NS(=O)(=O)c2cn(C)c(C(C)=O)c2C)C1. The summed E-state index contributed by atoms with van der Waals surface area (Å²) in [6.07, 6.45) is 0.850. The molecule has 1 saturated heterocycles. The maximum atomic E-state index is 12.8. The number of hydrogen-bond donors (Lipinski definition) is 2. The van der Waals surface area contributed by atoms with Crippen molar-refractivity contribution in [1.82, 2.24) is 14.2 Å². The van der Waals surface area contributed by atoms with E-state index in [4.69, 9.17) is 4.74 Å². The van der Waals surface area contributed by atoms with Crippen molar-refractivity contribution in [2.75, 3.05) is 26.3 Å². The van der Waals surface area contributed by atoms with Crippen molar-refractivity contribution in [3.05, 3.63) is 17.5 Å². The standard InChI is InChI=1S/C16H25N3O6S/c1-5-25-16(22)19-6-12(9-20)13(7-19)17-26(23,24)14-8-18(4)15(10(14)2)11(3)21/h8,12-13,17,20H,5-7,9H2,1-4H3/t12-,13-/m0/s1. The molecule has 1 fully saturated rings. The molecule has 1 aliphatic rings. The third kappa shape index (κ3) is 3.92. The van der Waals surface area contributed by atoms with E-state index in [1.807, 2.05) is 0 Å². The number of amides is 1. The molecule has 1 aromatic rings. The van der Waals surface area contributed by atoms with E-state index < -0.39 is 28.1 Å². The zero-order valence-electron chi connectivity index (χ0n) is 15.4. The van der Waals surface area contributed by atoms with Gasteiger partial charge in [-0.1, -0.05) is 0 Å². The third-order valence-electron chi connectivity index (χ3n) is 4.52. The zero-order chi connectivity index (χ0) is 19.6. The highest BCUT2D eigenvalue weighted by Gasteiger charge is 2.38. The first-order valence-corrected chi connectivity index (χ1v) is 9.82. The fourth-order valence-corrected chi connectivity index (χ4v) is 4.91. The van der Waals surface area contributed by atoms with Gasteiger partial charge in [-0.25, -0.2) is 17.9 Å². The van der Waals surface area contributed by atoms with Crippen LogP contribution in [-0.2, 0) is 21.8 Å². The summed E-state index contributed by atoms with van der Waals surface area (Å²) >= 11 is 0. The first kappa shape index (κ1) is 20.4. The van der Waals surface area contributed by atoms with E-state index in [1.54, 1.807) is 20.9 Å². The molecule has 0 radical (unpaired) electrons. The van der Waals surface area contributed by atoms with Gasteiger partial charge in [0.05, 0.1) is 12.3 Å². The molecule has 0 aliphatic carbocycles. The molecule has 10 heteroatoms. The van der Waals surface area contributed by atoms with Crippen LogP contribution in [0.4, 0.5) is 4.79 Å². The summed E-state index contributed by atoms with van der Waals surface area (Å²) in [5.41, 5.74) is 0.692. The molecular formula is C16H25N3O6S. The number of aliphatic hydroxyl groups excluding tert-OH is 1. The molecule has 1 amide bonds. The summed E-state index contributed by atoms with van der Waals surface area (Å²) in [5.74, 6) is -0.667. The van der Waals surface area contributed by atoms with E-state index in [1.165, 1.54) is 22.6 Å². The largest absolute Gasteiger partial charge is 0.450 e. The fourth-order valence-electron chi connectivity index (χ4n) is 3.32. The Kier molecular flexibility index (Phi) is 6.09. The number of aliphatic hydroxyl groups is 1. The smallest absolute Gasteiger partial charge is 0.409 e. The van der Waals surface area contributed by atoms with Gasteiger partial charge in [-0.05, 0) is 19.4 Å². The Hall–Kier alpha value is -1.91. The molecule has 0 bridgehead atoms. The Balaban J connectivity index is 2.25. The van der Waals surface area contributed by atoms with Gasteiger partial charge >= 0.3 is 6.09 Å². The second-order valence-electron chi connectivity index (χ2n) is 6.41. The van der Waals surface area contributed by atoms with Crippen molar-refractivity contribution >= 4 is 21.9 Å². The summed E-state index contributed by atoms with van der Waals surface area (Å²) in [5, 5.41) is 9.55. The number of hydrogen-bond acceptors (Lipinski definition) is 6. The maximum Gasteiger partial charge on any atom is 0.409 e. The van der Waals surface area contributed by atoms with E-state index in [9.17, 15) is 23.1 Å². The molecule has 0 spiro atoms. The number of carbonyl (C=O) groups excluding carboxylic acids is 2. The van der Waals surface area contributed by atoms with Crippen molar-refractivity contribution in [3.63, 3.8) is 0 Å². The molecule has 0 aromatic carbocycles. The van der Waals surface area contributed by atoms with Crippen LogP contribution < -0.4 is 4.72 Å². The topological polar surface area (TPSA) is 118 Å². The van der Waals surface area contributed by atoms with Gasteiger partial charge in [-0.3, -0.25) is 4.79 Å². The molecule has 2 N–H and O–H groups in total. The molecule has 0 unspecified atom stereocenters. The van der Waals surface area contributed by atoms with E-state index in [2.05, 4.69) is 4.72 Å². The summed E-state index contributed by atoms with van der Waals surface area (Å²) in [4.78, 5) is 25.0. The highest BCUT2D eigenvalue weighted by Crippen LogP contribution is 2.24. The number of aryl methyl sites for hydroxylation is 1. The summed E-state index contributed by atoms with van der Waals surface area (Å²) in [7, 11) is -2.32. The molecule has 1 aromatic heterocycles. The van der Waals surface area contributed by atoms with Gasteiger partial charge < -0.3 is 19.3 Å². The number of ketones is 1. The van der Waals surface area contributed by atoms with Crippen LogP contribution in [-0.4, -0.2) is 67.2 Å². The van der Waals surface area contributed by atoms with Gasteiger partial charge in [0.1, 0.15) is 4.90 Å². The van der Waals surface area contributed by atoms with Crippen LogP contribution in [0.2, 0.25) is 0 Å². The minimum absolute atomic E-state index is 0.0106. The lowest BCUT2D eigenvalue weighted by atomic mass is 10.1. The van der Waals surface area contributed by atoms with Crippen LogP contribution >= 0.6 is 0 Å². The number of sulfonamides is 1. The molecule has 2 atom stereocenters. The van der Waals surface area contributed by atoms with E-state index in [0.29, 0.717) is 11.3 Å². The Morgan fingerprint density at radius 2 is 2.04 bits per heavy atom. The third-order valence-corrected chi connectivity index (χ3v) is 6.12. The highest BCUT2D eigenvalue weighted by molar-refractivity contribution is 7.89. The summed E-state index contributed by atoms with van der Waals surface area (Å²) in [6.45, 7) is 4.89. The van der Waals surface area contributed by atoms with E-state index >= 15 is 0 Å². The second-order valence-corrected chi connectivity index (χ2v) is 8.09. The molecule has 0 saturated carbocycles. The lowest BCUT2D eigenvalue weighted by Gasteiger charge is -2.17. The van der Waals surface area contributed by atoms with E-state index in [-0.39, 0.29) is 37.0 Å². The van der Waals surface area contributed by atoms with Crippen LogP contribution in [0.25, 0.3) is 0 Å². The van der Waals surface area contributed by atoms with E-state index in [0.717, 1.165) is 0 Å². The molecule has 2 rings (SSSR count). The lowest BCUT2D eigenvalue weighted by molar-refractivity contribution is 0.100. The minimum atomic E-state index is -3.93. The number of nitrogens with one attached hydrogen (secondary N) is 1. The minimum Gasteiger partial charge on any atom is -0.450 e. The van der Waals surface area contributed by atoms with Crippen LogP contribution in [0.1, 0.15) is 29.9 Å². The monoisotopic (exact) mass is 387 g/mol. The first-order chi connectivity index (χ1) is 12.1. The predicted octanol–water partition coefficient (Wildman–Crippen LogP) is 0.264. The Labute approximate surface area is 153 Å². The van der Waals surface area contributed by atoms with Gasteiger partial charge in [0, 0.05) is 51.8 Å². The normalized spacial score (nSPS) is 20.4. The first-order valence-electron chi connectivity index (χ1n) is 8.34. The predicted molar refractivity (Wildman–Crippen MR) is 93.4 cm³/mol.